The van der Waals surface area contributed by atoms with Crippen LogP contribution in [0.2, 0.25) is 0 Å². The van der Waals surface area contributed by atoms with E-state index in [9.17, 15) is 9.59 Å². The molecule has 6 aliphatic rings. The molecule has 0 aliphatic carbocycles. The summed E-state index contributed by atoms with van der Waals surface area (Å²) < 4.78 is 0. The zero-order chi connectivity index (χ0) is 41.8. The third-order valence-corrected chi connectivity index (χ3v) is 11.4. The number of aromatic nitrogens is 4. The van der Waals surface area contributed by atoms with Gasteiger partial charge < -0.3 is 63.3 Å². The number of piperidine rings is 5. The summed E-state index contributed by atoms with van der Waals surface area (Å²) in [6.45, 7) is 6.25. The van der Waals surface area contributed by atoms with Gasteiger partial charge in [-0.3, -0.25) is 9.59 Å². The zero-order valence-corrected chi connectivity index (χ0v) is 40.5. The van der Waals surface area contributed by atoms with E-state index in [2.05, 4.69) is 70.1 Å². The molecule has 6 aliphatic heterocycles. The molecule has 0 amide bonds. The number of pyridine rings is 4. The Kier molecular flexibility index (Phi) is 26.5. The summed E-state index contributed by atoms with van der Waals surface area (Å²) in [4.78, 5) is 36.4. The van der Waals surface area contributed by atoms with Crippen LogP contribution < -0.4 is 21.1 Å². The molecule has 63 heavy (non-hydrogen) atoms. The van der Waals surface area contributed by atoms with Crippen LogP contribution in [0.25, 0.3) is 65.4 Å². The van der Waals surface area contributed by atoms with Crippen molar-refractivity contribution in [2.45, 2.75) is 127 Å². The number of fused-ring (bicyclic) bond motifs is 2. The first-order valence-electron chi connectivity index (χ1n) is 22.1. The predicted octanol–water partition coefficient (Wildman–Crippen LogP) is 10.9. The van der Waals surface area contributed by atoms with E-state index in [0.29, 0.717) is 41.5 Å². The van der Waals surface area contributed by atoms with Crippen molar-refractivity contribution in [3.05, 3.63) is 137 Å². The summed E-state index contributed by atoms with van der Waals surface area (Å²) >= 11 is 0. The molecule has 0 bridgehead atoms. The predicted molar refractivity (Wildman–Crippen MR) is 245 cm³/mol. The third-order valence-electron chi connectivity index (χ3n) is 11.4. The van der Waals surface area contributed by atoms with E-state index < -0.39 is 0 Å². The molecule has 354 valence electrons. The molecule has 5 fully saturated rings. The van der Waals surface area contributed by atoms with E-state index in [1.54, 1.807) is 36.4 Å². The first-order chi connectivity index (χ1) is 29.4. The first-order valence-corrected chi connectivity index (χ1v) is 22.1. The minimum Gasteiger partial charge on any atom is -0.686 e. The van der Waals surface area contributed by atoms with Gasteiger partial charge in [0.15, 0.2) is 11.1 Å². The fourth-order valence-electron chi connectivity index (χ4n) is 8.16. The van der Waals surface area contributed by atoms with E-state index >= 15 is 0 Å². The van der Waals surface area contributed by atoms with Gasteiger partial charge in [0.2, 0.25) is 0 Å². The van der Waals surface area contributed by atoms with Crippen molar-refractivity contribution in [3.63, 3.8) is 0 Å². The maximum absolute atomic E-state index is 10.8. The van der Waals surface area contributed by atoms with E-state index in [-0.39, 0.29) is 84.0 Å². The van der Waals surface area contributed by atoms with Crippen LogP contribution in [-0.4, -0.2) is 79.4 Å². The molecule has 10 rings (SSSR count). The van der Waals surface area contributed by atoms with Crippen molar-refractivity contribution >= 4 is 33.7 Å². The van der Waals surface area contributed by atoms with Crippen molar-refractivity contribution < 1.29 is 61.3 Å². The van der Waals surface area contributed by atoms with Crippen molar-refractivity contribution in [2.75, 3.05) is 39.3 Å². The summed E-state index contributed by atoms with van der Waals surface area (Å²) in [5.41, 5.74) is 15.6. The molecular formula is C46H60N12O2Pd3-8. The maximum atomic E-state index is 10.8. The second-order valence-electron chi connectivity index (χ2n) is 15.9. The molecule has 10 heterocycles. The van der Waals surface area contributed by atoms with Gasteiger partial charge in [-0.15, -0.1) is 51.4 Å². The molecule has 0 radical (unpaired) electrons. The van der Waals surface area contributed by atoms with Crippen LogP contribution in [0.15, 0.2) is 82.0 Å². The third kappa shape index (κ3) is 19.0. The van der Waals surface area contributed by atoms with E-state index in [1.165, 1.54) is 114 Å². The summed E-state index contributed by atoms with van der Waals surface area (Å²) in [5, 5.41) is 29.2. The van der Waals surface area contributed by atoms with Gasteiger partial charge in [0.05, 0.1) is 0 Å². The van der Waals surface area contributed by atoms with Gasteiger partial charge in [-0.1, -0.05) is 156 Å². The summed E-state index contributed by atoms with van der Waals surface area (Å²) in [6.07, 6.45) is 26.0. The Morgan fingerprint density at radius 1 is 0.492 bits per heavy atom. The number of hydrogen-bond donors (Lipinski definition) is 0. The average molecular weight is 1130 g/mol. The topological polar surface area (TPSA) is 220 Å². The van der Waals surface area contributed by atoms with E-state index in [4.69, 9.17) is 11.5 Å². The zero-order valence-electron chi connectivity index (χ0n) is 35.8. The Labute approximate surface area is 414 Å². The normalized spacial score (nSPS) is 24.0. The van der Waals surface area contributed by atoms with Crippen LogP contribution in [0.4, 0.5) is 11.6 Å². The van der Waals surface area contributed by atoms with Crippen LogP contribution in [0.1, 0.15) is 96.3 Å². The minimum absolute atomic E-state index is 0. The Balaban J connectivity index is 0.000000207. The number of nitrogens with one attached hydrogen (secondary N) is 2. The van der Waals surface area contributed by atoms with Gasteiger partial charge in [0.25, 0.3) is 0 Å². The minimum atomic E-state index is -0.319. The van der Waals surface area contributed by atoms with Crippen molar-refractivity contribution in [1.29, 1.82) is 0 Å². The summed E-state index contributed by atoms with van der Waals surface area (Å²) in [5.74, 6) is 0.251. The quantitative estimate of drug-likeness (QED) is 0.181. The summed E-state index contributed by atoms with van der Waals surface area (Å²) in [7, 11) is 0. The number of hydrogen-bond acceptors (Lipinski definition) is 4. The SMILES string of the molecule is C1=CC[N-]C(C2CCCC[N-]2)=C1.C1CCC(C2CCCC[N-]2)[N-]C1.C1CCC(C2CCCC[N-]2)[N-]C1.[NH-]c1ccc2ccc(=O)[n-]c2n1.[NH-]c1ccc2ccc(=O)[n-]c2n1.[Pd+2].[Pd].[Pd]. The standard InChI is InChI=1S/2C10H18N2.C10H14N2.2C8H6N3O.3Pd/c3*1-3-7-11-9(5-1)10-6-2-4-8-12-10;2*9-6-3-1-5-2-4-7(12)11-8(5)10-6;;;/h2*9-10H,1-8H2;1,3,5,10H,2,4,6-8H2;2*1-4H,(H2-,9,10,11,12);;;/q3*-2;2*-1;;;+2/p-2. The van der Waals surface area contributed by atoms with Gasteiger partial charge in [0, 0.05) is 40.8 Å². The van der Waals surface area contributed by atoms with Crippen molar-refractivity contribution in [1.82, 2.24) is 19.9 Å². The van der Waals surface area contributed by atoms with E-state index in [0.717, 1.165) is 50.0 Å². The van der Waals surface area contributed by atoms with Crippen LogP contribution >= 0.6 is 0 Å². The van der Waals surface area contributed by atoms with Crippen LogP contribution in [-0.2, 0) is 61.3 Å². The number of nitrogens with zero attached hydrogens (tertiary/aromatic N) is 10. The molecule has 2 N–H and O–H groups in total. The molecule has 0 spiro atoms. The Hall–Kier alpha value is -2.61. The maximum Gasteiger partial charge on any atom is 2.00 e. The molecule has 5 saturated heterocycles. The fraction of sp³-hybridized carbons (Fsp3) is 0.565. The smallest absolute Gasteiger partial charge is 0.686 e. The van der Waals surface area contributed by atoms with Crippen LogP contribution in [0.3, 0.4) is 0 Å². The molecule has 14 nitrogen and oxygen atoms in total. The van der Waals surface area contributed by atoms with Crippen LogP contribution in [0.5, 0.6) is 0 Å². The monoisotopic (exact) mass is 1130 g/mol. The van der Waals surface area contributed by atoms with Gasteiger partial charge in [0.1, 0.15) is 0 Å². The molecule has 5 unspecified atom stereocenters. The second kappa shape index (κ2) is 30.6. The number of rotatable bonds is 3. The van der Waals surface area contributed by atoms with E-state index in [1.807, 2.05) is 0 Å². The average Bonchev–Trinajstić information content (AvgIpc) is 3.31. The summed E-state index contributed by atoms with van der Waals surface area (Å²) in [6, 6.07) is 15.4. The van der Waals surface area contributed by atoms with Gasteiger partial charge in [-0.25, -0.2) is 0 Å². The molecule has 5 atom stereocenters. The van der Waals surface area contributed by atoms with Crippen LogP contribution in [0, 0.1) is 0 Å². The van der Waals surface area contributed by atoms with Crippen molar-refractivity contribution in [3.8, 4) is 0 Å². The van der Waals surface area contributed by atoms with Crippen molar-refractivity contribution in [2.24, 2.45) is 0 Å². The molecule has 17 heteroatoms. The fourth-order valence-corrected chi connectivity index (χ4v) is 8.16. The molecule has 4 aromatic heterocycles. The molecule has 0 saturated carbocycles. The Bertz CT molecular complexity index is 1900. The van der Waals surface area contributed by atoms with Gasteiger partial charge in [-0.2, -0.15) is 29.9 Å². The van der Waals surface area contributed by atoms with Gasteiger partial charge in [-0.05, 0) is 34.2 Å². The number of allylic oxidation sites excluding steroid dienone is 2. The largest absolute Gasteiger partial charge is 2.00 e. The molecule has 4 aromatic rings. The first kappa shape index (κ1) is 54.7. The second-order valence-corrected chi connectivity index (χ2v) is 15.9. The molecule has 0 aromatic carbocycles. The van der Waals surface area contributed by atoms with Gasteiger partial charge >= 0.3 is 20.4 Å². The Morgan fingerprint density at radius 2 is 0.873 bits per heavy atom. The molecular weight excluding hydrogens is 1070 g/mol. The Morgan fingerprint density at radius 3 is 1.21 bits per heavy atom.